The molecule has 0 radical (unpaired) electrons. The van der Waals surface area contributed by atoms with Crippen LogP contribution < -0.4 is 0 Å². The number of ether oxygens (including phenoxy) is 2. The van der Waals surface area contributed by atoms with Gasteiger partial charge in [0, 0.05) is 6.42 Å². The fraction of sp³-hybridized carbons (Fsp3) is 1.00. The molecular weight excluding hydrogens is 156 g/mol. The smallest absolute Gasteiger partial charge is 0.191 e. The van der Waals surface area contributed by atoms with Gasteiger partial charge < -0.3 is 14.6 Å². The third-order valence-corrected chi connectivity index (χ3v) is 2.22. The highest BCUT2D eigenvalue weighted by molar-refractivity contribution is 4.72. The van der Waals surface area contributed by atoms with Gasteiger partial charge in [-0.15, -0.1) is 0 Å². The molecule has 0 unspecified atom stereocenters. The molecule has 72 valence electrons. The fourth-order valence-corrected chi connectivity index (χ4v) is 1.46. The first-order valence-electron chi connectivity index (χ1n) is 4.72. The summed E-state index contributed by atoms with van der Waals surface area (Å²) in [6.07, 6.45) is 4.24. The van der Waals surface area contributed by atoms with E-state index in [0.29, 0.717) is 13.2 Å². The molecule has 0 saturated carbocycles. The van der Waals surface area contributed by atoms with E-state index < -0.39 is 5.79 Å². The number of rotatable bonds is 5. The maximum absolute atomic E-state index is 9.07. The summed E-state index contributed by atoms with van der Waals surface area (Å²) in [5.74, 6) is -0.658. The Morgan fingerprint density at radius 2 is 1.92 bits per heavy atom. The summed E-state index contributed by atoms with van der Waals surface area (Å²) in [6, 6.07) is 0. The number of hydrogen-bond acceptors (Lipinski definition) is 3. The van der Waals surface area contributed by atoms with Crippen molar-refractivity contribution in [2.45, 2.75) is 38.4 Å². The minimum absolute atomic E-state index is 0.0171. The van der Waals surface area contributed by atoms with Gasteiger partial charge >= 0.3 is 0 Å². The normalized spacial score (nSPS) is 21.5. The first kappa shape index (κ1) is 9.96. The predicted octanol–water partition coefficient (Wildman–Crippen LogP) is 1.30. The number of hydrogen-bond donors (Lipinski definition) is 1. The monoisotopic (exact) mass is 174 g/mol. The summed E-state index contributed by atoms with van der Waals surface area (Å²) in [7, 11) is 0. The Morgan fingerprint density at radius 3 is 2.42 bits per heavy atom. The van der Waals surface area contributed by atoms with E-state index in [1.165, 1.54) is 12.8 Å². The molecule has 1 aliphatic heterocycles. The molecule has 0 atom stereocenters. The van der Waals surface area contributed by atoms with Gasteiger partial charge in [0.05, 0.1) is 19.8 Å². The molecular formula is C9H18O3. The lowest BCUT2D eigenvalue weighted by atomic mass is 10.1. The SMILES string of the molecule is CCCCCC1(CO)OCCO1. The summed E-state index contributed by atoms with van der Waals surface area (Å²) in [5.41, 5.74) is 0. The minimum Gasteiger partial charge on any atom is -0.391 e. The highest BCUT2D eigenvalue weighted by Crippen LogP contribution is 2.25. The summed E-state index contributed by atoms with van der Waals surface area (Å²) in [5, 5.41) is 9.07. The Morgan fingerprint density at radius 1 is 1.25 bits per heavy atom. The second-order valence-corrected chi connectivity index (χ2v) is 3.22. The van der Waals surface area contributed by atoms with Gasteiger partial charge in [0.2, 0.25) is 0 Å². The van der Waals surface area contributed by atoms with Crippen LogP contribution in [0.4, 0.5) is 0 Å². The molecule has 0 aliphatic carbocycles. The molecule has 0 spiro atoms. The highest BCUT2D eigenvalue weighted by Gasteiger charge is 2.34. The Labute approximate surface area is 73.7 Å². The van der Waals surface area contributed by atoms with Crippen LogP contribution in [-0.4, -0.2) is 30.7 Å². The molecule has 0 aromatic heterocycles. The third-order valence-electron chi connectivity index (χ3n) is 2.22. The third kappa shape index (κ3) is 2.44. The van der Waals surface area contributed by atoms with E-state index in [1.807, 2.05) is 0 Å². The van der Waals surface area contributed by atoms with Crippen LogP contribution in [0.25, 0.3) is 0 Å². The molecule has 1 aliphatic rings. The van der Waals surface area contributed by atoms with Crippen molar-refractivity contribution in [3.63, 3.8) is 0 Å². The van der Waals surface area contributed by atoms with Crippen molar-refractivity contribution in [3.05, 3.63) is 0 Å². The molecule has 3 heteroatoms. The van der Waals surface area contributed by atoms with Crippen molar-refractivity contribution in [2.24, 2.45) is 0 Å². The van der Waals surface area contributed by atoms with Crippen LogP contribution in [0.1, 0.15) is 32.6 Å². The van der Waals surface area contributed by atoms with Crippen LogP contribution in [0, 0.1) is 0 Å². The van der Waals surface area contributed by atoms with E-state index in [0.717, 1.165) is 12.8 Å². The van der Waals surface area contributed by atoms with Crippen LogP contribution in [0.3, 0.4) is 0 Å². The molecule has 0 bridgehead atoms. The van der Waals surface area contributed by atoms with Gasteiger partial charge in [0.1, 0.15) is 0 Å². The first-order valence-corrected chi connectivity index (χ1v) is 4.72. The van der Waals surface area contributed by atoms with E-state index in [-0.39, 0.29) is 6.61 Å². The van der Waals surface area contributed by atoms with Gasteiger partial charge in [-0.05, 0) is 6.42 Å². The van der Waals surface area contributed by atoms with Crippen molar-refractivity contribution in [1.29, 1.82) is 0 Å². The highest BCUT2D eigenvalue weighted by atomic mass is 16.7. The first-order chi connectivity index (χ1) is 5.83. The second kappa shape index (κ2) is 4.80. The van der Waals surface area contributed by atoms with Gasteiger partial charge in [-0.2, -0.15) is 0 Å². The van der Waals surface area contributed by atoms with Crippen LogP contribution in [0.2, 0.25) is 0 Å². The van der Waals surface area contributed by atoms with Gasteiger partial charge in [-0.3, -0.25) is 0 Å². The summed E-state index contributed by atoms with van der Waals surface area (Å²) in [6.45, 7) is 3.37. The Kier molecular flexibility index (Phi) is 3.98. The molecule has 12 heavy (non-hydrogen) atoms. The molecule has 1 saturated heterocycles. The molecule has 0 aromatic rings. The Balaban J connectivity index is 2.24. The summed E-state index contributed by atoms with van der Waals surface area (Å²) >= 11 is 0. The second-order valence-electron chi connectivity index (χ2n) is 3.22. The topological polar surface area (TPSA) is 38.7 Å². The summed E-state index contributed by atoms with van der Waals surface area (Å²) < 4.78 is 10.7. The van der Waals surface area contributed by atoms with E-state index >= 15 is 0 Å². The van der Waals surface area contributed by atoms with Crippen LogP contribution in [-0.2, 0) is 9.47 Å². The Hall–Kier alpha value is -0.120. The fourth-order valence-electron chi connectivity index (χ4n) is 1.46. The van der Waals surface area contributed by atoms with Crippen molar-refractivity contribution < 1.29 is 14.6 Å². The van der Waals surface area contributed by atoms with E-state index in [2.05, 4.69) is 6.92 Å². The molecule has 1 heterocycles. The zero-order valence-corrected chi connectivity index (χ0v) is 7.71. The molecule has 3 nitrogen and oxygen atoms in total. The molecule has 1 rings (SSSR count). The maximum Gasteiger partial charge on any atom is 0.191 e. The van der Waals surface area contributed by atoms with Crippen LogP contribution >= 0.6 is 0 Å². The van der Waals surface area contributed by atoms with E-state index in [1.54, 1.807) is 0 Å². The molecule has 0 amide bonds. The predicted molar refractivity (Wildman–Crippen MR) is 45.9 cm³/mol. The minimum atomic E-state index is -0.658. The Bertz CT molecular complexity index is 119. The van der Waals surface area contributed by atoms with Gasteiger partial charge in [-0.25, -0.2) is 0 Å². The van der Waals surface area contributed by atoms with Gasteiger partial charge in [0.25, 0.3) is 0 Å². The van der Waals surface area contributed by atoms with Crippen LogP contribution in [0.5, 0.6) is 0 Å². The van der Waals surface area contributed by atoms with Crippen molar-refractivity contribution >= 4 is 0 Å². The zero-order valence-electron chi connectivity index (χ0n) is 7.71. The molecule has 1 fully saturated rings. The summed E-state index contributed by atoms with van der Waals surface area (Å²) in [4.78, 5) is 0. The lowest BCUT2D eigenvalue weighted by Crippen LogP contribution is -2.34. The largest absolute Gasteiger partial charge is 0.391 e. The lowest BCUT2D eigenvalue weighted by molar-refractivity contribution is -0.187. The van der Waals surface area contributed by atoms with Gasteiger partial charge in [0.15, 0.2) is 5.79 Å². The van der Waals surface area contributed by atoms with Crippen molar-refractivity contribution in [3.8, 4) is 0 Å². The number of aliphatic hydroxyl groups is 1. The van der Waals surface area contributed by atoms with E-state index in [4.69, 9.17) is 14.6 Å². The standard InChI is InChI=1S/C9H18O3/c1-2-3-4-5-9(8-10)11-6-7-12-9/h10H,2-8H2,1H3. The lowest BCUT2D eigenvalue weighted by Gasteiger charge is -2.24. The van der Waals surface area contributed by atoms with Crippen molar-refractivity contribution in [1.82, 2.24) is 0 Å². The van der Waals surface area contributed by atoms with Crippen LogP contribution in [0.15, 0.2) is 0 Å². The van der Waals surface area contributed by atoms with Gasteiger partial charge in [-0.1, -0.05) is 19.8 Å². The molecule has 1 N–H and O–H groups in total. The molecule has 0 aromatic carbocycles. The average Bonchev–Trinajstić information content (AvgIpc) is 2.55. The number of unbranched alkanes of at least 4 members (excludes halogenated alkanes) is 2. The van der Waals surface area contributed by atoms with E-state index in [9.17, 15) is 0 Å². The average molecular weight is 174 g/mol. The maximum atomic E-state index is 9.07. The van der Waals surface area contributed by atoms with Crippen molar-refractivity contribution in [2.75, 3.05) is 19.8 Å². The zero-order chi connectivity index (χ0) is 8.86. The quantitative estimate of drug-likeness (QED) is 0.638. The number of aliphatic hydroxyl groups excluding tert-OH is 1.